The fraction of sp³-hybridized carbons (Fsp3) is 0. The van der Waals surface area contributed by atoms with Crippen LogP contribution in [0.3, 0.4) is 0 Å². The SMILES string of the molecule is c1ccc(-c2ccc3sc4ccccc4c3c2-c2ccccc2)cc1. The second-order valence-corrected chi connectivity index (χ2v) is 7.28. The van der Waals surface area contributed by atoms with Gasteiger partial charge in [0.15, 0.2) is 0 Å². The van der Waals surface area contributed by atoms with Gasteiger partial charge in [-0.3, -0.25) is 0 Å². The van der Waals surface area contributed by atoms with Gasteiger partial charge in [-0.2, -0.15) is 0 Å². The molecule has 0 saturated carbocycles. The Balaban J connectivity index is 1.97. The van der Waals surface area contributed by atoms with Crippen molar-refractivity contribution >= 4 is 31.5 Å². The summed E-state index contributed by atoms with van der Waals surface area (Å²) in [6, 6.07) is 34.7. The van der Waals surface area contributed by atoms with Gasteiger partial charge in [0.25, 0.3) is 0 Å². The molecule has 0 atom stereocenters. The molecule has 0 amide bonds. The first-order valence-electron chi connectivity index (χ1n) is 8.47. The predicted molar refractivity (Wildman–Crippen MR) is 110 cm³/mol. The van der Waals surface area contributed by atoms with Gasteiger partial charge in [0.1, 0.15) is 0 Å². The number of rotatable bonds is 2. The lowest BCUT2D eigenvalue weighted by molar-refractivity contribution is 1.62. The first-order valence-corrected chi connectivity index (χ1v) is 9.28. The zero-order chi connectivity index (χ0) is 16.6. The smallest absolute Gasteiger partial charge is 0.0362 e. The lowest BCUT2D eigenvalue weighted by Crippen LogP contribution is -1.86. The summed E-state index contributed by atoms with van der Waals surface area (Å²) >= 11 is 1.87. The molecule has 25 heavy (non-hydrogen) atoms. The molecule has 0 aliphatic rings. The minimum absolute atomic E-state index is 1.26. The third-order valence-electron chi connectivity index (χ3n) is 4.69. The fourth-order valence-corrected chi connectivity index (χ4v) is 4.69. The number of thiophene rings is 1. The Labute approximate surface area is 151 Å². The van der Waals surface area contributed by atoms with Crippen LogP contribution in [0.4, 0.5) is 0 Å². The molecule has 118 valence electrons. The van der Waals surface area contributed by atoms with Crippen LogP contribution in [-0.4, -0.2) is 0 Å². The highest BCUT2D eigenvalue weighted by atomic mass is 32.1. The molecule has 0 fully saturated rings. The molecule has 0 radical (unpaired) electrons. The van der Waals surface area contributed by atoms with Crippen LogP contribution in [-0.2, 0) is 0 Å². The van der Waals surface area contributed by atoms with Crippen molar-refractivity contribution in [1.29, 1.82) is 0 Å². The van der Waals surface area contributed by atoms with Crippen molar-refractivity contribution in [2.45, 2.75) is 0 Å². The van der Waals surface area contributed by atoms with Gasteiger partial charge in [-0.15, -0.1) is 11.3 Å². The summed E-state index contributed by atoms with van der Waals surface area (Å²) in [7, 11) is 0. The van der Waals surface area contributed by atoms with Crippen LogP contribution in [0.1, 0.15) is 0 Å². The molecule has 0 bridgehead atoms. The van der Waals surface area contributed by atoms with Crippen LogP contribution in [0.5, 0.6) is 0 Å². The summed E-state index contributed by atoms with van der Waals surface area (Å²) in [5, 5.41) is 2.72. The molecule has 0 spiro atoms. The molecule has 1 aromatic heterocycles. The minimum Gasteiger partial charge on any atom is -0.135 e. The normalized spacial score (nSPS) is 11.2. The highest BCUT2D eigenvalue weighted by molar-refractivity contribution is 7.26. The number of fused-ring (bicyclic) bond motifs is 3. The van der Waals surface area contributed by atoms with Crippen LogP contribution in [0.15, 0.2) is 97.1 Å². The Morgan fingerprint density at radius 2 is 1.12 bits per heavy atom. The van der Waals surface area contributed by atoms with E-state index in [1.54, 1.807) is 0 Å². The molecule has 5 aromatic rings. The first kappa shape index (κ1) is 14.4. The van der Waals surface area contributed by atoms with Crippen molar-refractivity contribution < 1.29 is 0 Å². The molecule has 0 aliphatic heterocycles. The van der Waals surface area contributed by atoms with E-state index >= 15 is 0 Å². The topological polar surface area (TPSA) is 0 Å². The summed E-state index contributed by atoms with van der Waals surface area (Å²) in [5.74, 6) is 0. The van der Waals surface area contributed by atoms with Crippen LogP contribution in [0.25, 0.3) is 42.4 Å². The van der Waals surface area contributed by atoms with Gasteiger partial charge in [0, 0.05) is 20.2 Å². The van der Waals surface area contributed by atoms with Gasteiger partial charge >= 0.3 is 0 Å². The first-order chi connectivity index (χ1) is 12.4. The molecule has 0 saturated heterocycles. The molecule has 0 nitrogen and oxygen atoms in total. The van der Waals surface area contributed by atoms with E-state index in [0.29, 0.717) is 0 Å². The predicted octanol–water partition coefficient (Wildman–Crippen LogP) is 7.39. The molecular weight excluding hydrogens is 320 g/mol. The van der Waals surface area contributed by atoms with Crippen LogP contribution in [0, 0.1) is 0 Å². The van der Waals surface area contributed by atoms with Gasteiger partial charge in [0.05, 0.1) is 0 Å². The van der Waals surface area contributed by atoms with E-state index in [9.17, 15) is 0 Å². The maximum Gasteiger partial charge on any atom is 0.0362 e. The maximum atomic E-state index is 2.27. The highest BCUT2D eigenvalue weighted by Gasteiger charge is 2.15. The van der Waals surface area contributed by atoms with Crippen molar-refractivity contribution in [3.05, 3.63) is 97.1 Å². The summed E-state index contributed by atoms with van der Waals surface area (Å²) in [6.45, 7) is 0. The molecule has 4 aromatic carbocycles. The van der Waals surface area contributed by atoms with Crippen molar-refractivity contribution in [3.8, 4) is 22.3 Å². The maximum absolute atomic E-state index is 2.27. The van der Waals surface area contributed by atoms with Crippen LogP contribution >= 0.6 is 11.3 Å². The molecule has 1 heterocycles. The third kappa shape index (κ3) is 2.36. The second kappa shape index (κ2) is 5.87. The Hall–Kier alpha value is -2.90. The lowest BCUT2D eigenvalue weighted by Gasteiger charge is -2.13. The van der Waals surface area contributed by atoms with Gasteiger partial charge in [0.2, 0.25) is 0 Å². The van der Waals surface area contributed by atoms with Crippen LogP contribution < -0.4 is 0 Å². The molecule has 0 unspecified atom stereocenters. The second-order valence-electron chi connectivity index (χ2n) is 6.19. The van der Waals surface area contributed by atoms with Gasteiger partial charge in [-0.1, -0.05) is 84.9 Å². The van der Waals surface area contributed by atoms with E-state index in [-0.39, 0.29) is 0 Å². The standard InChI is InChI=1S/C24H16S/c1-3-9-17(10-4-1)19-15-16-22-24(20-13-7-8-14-21(20)25-22)23(19)18-11-5-2-6-12-18/h1-16H. The zero-order valence-corrected chi connectivity index (χ0v) is 14.5. The molecule has 1 heteroatoms. The number of hydrogen-bond donors (Lipinski definition) is 0. The molecular formula is C24H16S. The monoisotopic (exact) mass is 336 g/mol. The van der Waals surface area contributed by atoms with Gasteiger partial charge in [-0.25, -0.2) is 0 Å². The Morgan fingerprint density at radius 1 is 0.480 bits per heavy atom. The van der Waals surface area contributed by atoms with Crippen molar-refractivity contribution in [3.63, 3.8) is 0 Å². The van der Waals surface area contributed by atoms with E-state index in [1.807, 2.05) is 11.3 Å². The average molecular weight is 336 g/mol. The quantitative estimate of drug-likeness (QED) is 0.315. The summed E-state index contributed by atoms with van der Waals surface area (Å²) in [4.78, 5) is 0. The van der Waals surface area contributed by atoms with E-state index in [1.165, 1.54) is 42.4 Å². The average Bonchev–Trinajstić information content (AvgIpc) is 3.07. The van der Waals surface area contributed by atoms with E-state index < -0.39 is 0 Å². The molecule has 5 rings (SSSR count). The summed E-state index contributed by atoms with van der Waals surface area (Å²) in [6.07, 6.45) is 0. The largest absolute Gasteiger partial charge is 0.135 e. The van der Waals surface area contributed by atoms with E-state index in [0.717, 1.165) is 0 Å². The van der Waals surface area contributed by atoms with Crippen molar-refractivity contribution in [2.75, 3.05) is 0 Å². The van der Waals surface area contributed by atoms with Gasteiger partial charge in [-0.05, 0) is 34.4 Å². The zero-order valence-electron chi connectivity index (χ0n) is 13.6. The van der Waals surface area contributed by atoms with Gasteiger partial charge < -0.3 is 0 Å². The Bertz CT molecular complexity index is 1170. The number of benzene rings is 4. The lowest BCUT2D eigenvalue weighted by atomic mass is 9.91. The Morgan fingerprint density at radius 3 is 1.88 bits per heavy atom. The summed E-state index contributed by atoms with van der Waals surface area (Å²) in [5.41, 5.74) is 5.17. The Kier molecular flexibility index (Phi) is 3.39. The molecule has 0 aliphatic carbocycles. The molecule has 0 N–H and O–H groups in total. The van der Waals surface area contributed by atoms with E-state index in [2.05, 4.69) is 97.1 Å². The number of hydrogen-bond acceptors (Lipinski definition) is 1. The van der Waals surface area contributed by atoms with Crippen LogP contribution in [0.2, 0.25) is 0 Å². The minimum atomic E-state index is 1.26. The third-order valence-corrected chi connectivity index (χ3v) is 5.83. The van der Waals surface area contributed by atoms with Crippen molar-refractivity contribution in [2.24, 2.45) is 0 Å². The van der Waals surface area contributed by atoms with Crippen molar-refractivity contribution in [1.82, 2.24) is 0 Å². The highest BCUT2D eigenvalue weighted by Crippen LogP contribution is 2.44. The van der Waals surface area contributed by atoms with E-state index in [4.69, 9.17) is 0 Å². The summed E-state index contributed by atoms with van der Waals surface area (Å²) < 4.78 is 2.69. The fourth-order valence-electron chi connectivity index (χ4n) is 3.58.